The van der Waals surface area contributed by atoms with Gasteiger partial charge < -0.3 is 9.40 Å². The Morgan fingerprint density at radius 1 is 1.03 bits per heavy atom. The zero-order valence-corrected chi connectivity index (χ0v) is 15.4. The van der Waals surface area contributed by atoms with Crippen LogP contribution in [0.1, 0.15) is 0 Å². The Morgan fingerprint density at radius 2 is 2.00 bits per heavy atom. The predicted octanol–water partition coefficient (Wildman–Crippen LogP) is 4.16. The summed E-state index contributed by atoms with van der Waals surface area (Å²) < 4.78 is 6.99. The first-order valence-corrected chi connectivity index (χ1v) is 9.11. The van der Waals surface area contributed by atoms with Gasteiger partial charge in [-0.1, -0.05) is 0 Å². The van der Waals surface area contributed by atoms with Crippen LogP contribution in [-0.2, 0) is 7.05 Å². The monoisotopic (exact) mass is 381 g/mol. The number of hydrogen-bond acceptors (Lipinski definition) is 5. The Morgan fingerprint density at radius 3 is 2.83 bits per heavy atom. The van der Waals surface area contributed by atoms with Crippen LogP contribution in [0, 0.1) is 0 Å². The maximum absolute atomic E-state index is 5.23. The van der Waals surface area contributed by atoms with E-state index in [4.69, 9.17) is 9.40 Å². The van der Waals surface area contributed by atoms with Crippen molar-refractivity contribution in [1.82, 2.24) is 34.9 Å². The topological polar surface area (TPSA) is 101 Å². The van der Waals surface area contributed by atoms with Crippen LogP contribution in [0.2, 0.25) is 0 Å². The molecule has 0 amide bonds. The Hall–Kier alpha value is -4.20. The summed E-state index contributed by atoms with van der Waals surface area (Å²) in [4.78, 5) is 12.8. The van der Waals surface area contributed by atoms with E-state index in [1.54, 1.807) is 29.6 Å². The van der Waals surface area contributed by atoms with Gasteiger partial charge in [0, 0.05) is 41.5 Å². The van der Waals surface area contributed by atoms with Gasteiger partial charge in [-0.2, -0.15) is 10.2 Å². The second-order valence-corrected chi connectivity index (χ2v) is 6.88. The lowest BCUT2D eigenvalue weighted by Gasteiger charge is -1.98. The van der Waals surface area contributed by atoms with Crippen LogP contribution < -0.4 is 0 Å². The van der Waals surface area contributed by atoms with Crippen molar-refractivity contribution in [2.75, 3.05) is 0 Å². The number of nitrogens with zero attached hydrogens (tertiary/aromatic N) is 5. The normalized spacial score (nSPS) is 11.6. The fraction of sp³-hybridized carbons (Fsp3) is 0.0476. The van der Waals surface area contributed by atoms with Gasteiger partial charge in [-0.15, -0.1) is 0 Å². The van der Waals surface area contributed by atoms with Crippen molar-refractivity contribution in [3.05, 3.63) is 61.4 Å². The van der Waals surface area contributed by atoms with E-state index < -0.39 is 0 Å². The number of nitrogens with one attached hydrogen (secondary N) is 2. The van der Waals surface area contributed by atoms with Gasteiger partial charge >= 0.3 is 0 Å². The summed E-state index contributed by atoms with van der Waals surface area (Å²) >= 11 is 0. The molecule has 8 nitrogen and oxygen atoms in total. The minimum Gasteiger partial charge on any atom is -0.472 e. The van der Waals surface area contributed by atoms with Crippen molar-refractivity contribution in [2.24, 2.45) is 7.05 Å². The maximum Gasteiger partial charge on any atom is 0.135 e. The average Bonchev–Trinajstić information content (AvgIpc) is 3.51. The van der Waals surface area contributed by atoms with Crippen LogP contribution in [0.5, 0.6) is 0 Å². The van der Waals surface area contributed by atoms with E-state index in [1.165, 1.54) is 0 Å². The minimum absolute atomic E-state index is 0.764. The number of furan rings is 1. The standard InChI is InChI=1S/C21H15N7O/c1-28-10-13(9-23-28)15-2-3-17-20(25-15)21(27-26-17)18-8-14-16(24-18)4-6-22-19(14)12-5-7-29-11-12/h2-11,24H,1H3,(H,26,27). The van der Waals surface area contributed by atoms with Crippen molar-refractivity contribution in [2.45, 2.75) is 0 Å². The van der Waals surface area contributed by atoms with Gasteiger partial charge in [0.2, 0.25) is 0 Å². The molecule has 0 spiro atoms. The molecule has 0 unspecified atom stereocenters. The molecule has 0 aromatic carbocycles. The van der Waals surface area contributed by atoms with E-state index in [9.17, 15) is 0 Å². The molecule has 29 heavy (non-hydrogen) atoms. The number of aromatic amines is 2. The lowest BCUT2D eigenvalue weighted by molar-refractivity contribution is 0.568. The minimum atomic E-state index is 0.764. The summed E-state index contributed by atoms with van der Waals surface area (Å²) in [5.41, 5.74) is 7.91. The van der Waals surface area contributed by atoms with Crippen molar-refractivity contribution >= 4 is 21.9 Å². The number of pyridine rings is 2. The van der Waals surface area contributed by atoms with E-state index in [-0.39, 0.29) is 0 Å². The van der Waals surface area contributed by atoms with Gasteiger partial charge in [0.25, 0.3) is 0 Å². The van der Waals surface area contributed by atoms with E-state index in [1.807, 2.05) is 37.5 Å². The summed E-state index contributed by atoms with van der Waals surface area (Å²) in [5.74, 6) is 0. The highest BCUT2D eigenvalue weighted by molar-refractivity contribution is 5.99. The third-order valence-corrected chi connectivity index (χ3v) is 5.01. The molecule has 0 saturated heterocycles. The molecule has 0 aliphatic carbocycles. The lowest BCUT2D eigenvalue weighted by atomic mass is 10.1. The van der Waals surface area contributed by atoms with Crippen LogP contribution in [0.25, 0.3) is 55.8 Å². The molecule has 0 saturated carbocycles. The Balaban J connectivity index is 1.53. The maximum atomic E-state index is 5.23. The molecule has 6 rings (SSSR count). The highest BCUT2D eigenvalue weighted by Crippen LogP contribution is 2.33. The summed E-state index contributed by atoms with van der Waals surface area (Å²) in [5, 5.41) is 12.8. The number of H-pyrrole nitrogens is 2. The summed E-state index contributed by atoms with van der Waals surface area (Å²) in [6.07, 6.45) is 8.88. The highest BCUT2D eigenvalue weighted by atomic mass is 16.3. The van der Waals surface area contributed by atoms with Crippen LogP contribution in [0.3, 0.4) is 0 Å². The Labute approximate surface area is 164 Å². The number of aromatic nitrogens is 7. The summed E-state index contributed by atoms with van der Waals surface area (Å²) in [7, 11) is 1.89. The van der Waals surface area contributed by atoms with E-state index in [2.05, 4.69) is 31.3 Å². The number of hydrogen-bond donors (Lipinski definition) is 2. The number of aryl methyl sites for hydroxylation is 1. The molecule has 0 radical (unpaired) electrons. The van der Waals surface area contributed by atoms with Gasteiger partial charge in [0.1, 0.15) is 11.2 Å². The van der Waals surface area contributed by atoms with Crippen LogP contribution >= 0.6 is 0 Å². The van der Waals surface area contributed by atoms with Gasteiger partial charge in [-0.25, -0.2) is 4.98 Å². The predicted molar refractivity (Wildman–Crippen MR) is 109 cm³/mol. The lowest BCUT2D eigenvalue weighted by Crippen LogP contribution is -1.86. The zero-order valence-electron chi connectivity index (χ0n) is 15.4. The average molecular weight is 381 g/mol. The van der Waals surface area contributed by atoms with Crippen LogP contribution in [0.4, 0.5) is 0 Å². The Kier molecular flexibility index (Phi) is 3.22. The first kappa shape index (κ1) is 15.8. The molecule has 8 heteroatoms. The molecule has 0 aliphatic heterocycles. The molecule has 2 N–H and O–H groups in total. The summed E-state index contributed by atoms with van der Waals surface area (Å²) in [6, 6.07) is 9.86. The molecule has 0 fully saturated rings. The van der Waals surface area contributed by atoms with E-state index in [0.29, 0.717) is 0 Å². The molecule has 6 aromatic heterocycles. The van der Waals surface area contributed by atoms with Gasteiger partial charge in [0.05, 0.1) is 41.3 Å². The zero-order chi connectivity index (χ0) is 19.4. The van der Waals surface area contributed by atoms with Crippen molar-refractivity contribution in [3.8, 4) is 33.9 Å². The van der Waals surface area contributed by atoms with Gasteiger partial charge in [-0.3, -0.25) is 14.8 Å². The molecule has 6 heterocycles. The van der Waals surface area contributed by atoms with E-state index in [0.717, 1.165) is 55.8 Å². The molecule has 0 aliphatic rings. The largest absolute Gasteiger partial charge is 0.472 e. The molecule has 140 valence electrons. The third-order valence-electron chi connectivity index (χ3n) is 5.01. The first-order chi connectivity index (χ1) is 14.3. The highest BCUT2D eigenvalue weighted by Gasteiger charge is 2.16. The van der Waals surface area contributed by atoms with Crippen molar-refractivity contribution in [3.63, 3.8) is 0 Å². The van der Waals surface area contributed by atoms with Crippen molar-refractivity contribution in [1.29, 1.82) is 0 Å². The number of rotatable bonds is 3. The summed E-state index contributed by atoms with van der Waals surface area (Å²) in [6.45, 7) is 0. The first-order valence-electron chi connectivity index (χ1n) is 9.11. The molecule has 0 atom stereocenters. The third kappa shape index (κ3) is 2.46. The van der Waals surface area contributed by atoms with Gasteiger partial charge in [0.15, 0.2) is 0 Å². The fourth-order valence-electron chi connectivity index (χ4n) is 3.61. The molecule has 0 bridgehead atoms. The second kappa shape index (κ2) is 5.90. The second-order valence-electron chi connectivity index (χ2n) is 6.88. The molecule has 6 aromatic rings. The molecular formula is C21H15N7O. The van der Waals surface area contributed by atoms with Crippen molar-refractivity contribution < 1.29 is 4.42 Å². The van der Waals surface area contributed by atoms with Gasteiger partial charge in [-0.05, 0) is 30.3 Å². The number of fused-ring (bicyclic) bond motifs is 2. The quantitative estimate of drug-likeness (QED) is 0.479. The van der Waals surface area contributed by atoms with Crippen LogP contribution in [-0.4, -0.2) is 34.9 Å². The Bertz CT molecular complexity index is 1470. The van der Waals surface area contributed by atoms with E-state index >= 15 is 0 Å². The van der Waals surface area contributed by atoms with Crippen LogP contribution in [0.15, 0.2) is 65.9 Å². The smallest absolute Gasteiger partial charge is 0.135 e. The SMILES string of the molecule is Cn1cc(-c2ccc3[nH]nc(-c4cc5c(-c6ccoc6)nccc5[nH]4)c3n2)cn1. The fourth-order valence-corrected chi connectivity index (χ4v) is 3.61. The molecular weight excluding hydrogens is 366 g/mol.